The number of aryl methyl sites for hydroxylation is 1. The standard InChI is InChI=1S/C7H8.C6H5I.HI/c1-7-5-3-2-4-6-7;7-6-4-2-1-3-5-6;/h2-6H,1H3;1-5H;1H. The molecule has 0 bridgehead atoms. The van der Waals surface area contributed by atoms with Gasteiger partial charge in [0.05, 0.1) is 0 Å². The van der Waals surface area contributed by atoms with E-state index >= 15 is 0 Å². The van der Waals surface area contributed by atoms with E-state index in [4.69, 9.17) is 0 Å². The van der Waals surface area contributed by atoms with Gasteiger partial charge in [-0.1, -0.05) is 54.1 Å². The Kier molecular flexibility index (Phi) is 9.09. The van der Waals surface area contributed by atoms with Gasteiger partial charge in [-0.3, -0.25) is 0 Å². The van der Waals surface area contributed by atoms with E-state index in [1.54, 1.807) is 0 Å². The van der Waals surface area contributed by atoms with Gasteiger partial charge in [-0.25, -0.2) is 0 Å². The largest absolute Gasteiger partial charge is 0.107 e. The lowest BCUT2D eigenvalue weighted by Gasteiger charge is -1.82. The van der Waals surface area contributed by atoms with Crippen LogP contribution in [0.2, 0.25) is 0 Å². The van der Waals surface area contributed by atoms with Crippen LogP contribution in [0.3, 0.4) is 0 Å². The van der Waals surface area contributed by atoms with E-state index in [0.29, 0.717) is 0 Å². The molecule has 0 spiro atoms. The fraction of sp³-hybridized carbons (Fsp3) is 0.0769. The summed E-state index contributed by atoms with van der Waals surface area (Å²) in [6.07, 6.45) is 0. The minimum absolute atomic E-state index is 0. The first-order chi connectivity index (χ1) is 6.79. The number of benzene rings is 2. The van der Waals surface area contributed by atoms with Crippen LogP contribution >= 0.6 is 46.6 Å². The van der Waals surface area contributed by atoms with Crippen molar-refractivity contribution in [2.45, 2.75) is 6.92 Å². The lowest BCUT2D eigenvalue weighted by molar-refractivity contribution is 1.48. The van der Waals surface area contributed by atoms with E-state index in [1.165, 1.54) is 9.13 Å². The predicted octanol–water partition coefficient (Wildman–Crippen LogP) is 4.90. The SMILES string of the molecule is Cc1ccccc1.I.Ic1ccccc1. The van der Waals surface area contributed by atoms with E-state index in [-0.39, 0.29) is 24.0 Å². The Bertz CT molecular complexity index is 306. The first kappa shape index (κ1) is 14.9. The molecule has 0 atom stereocenters. The van der Waals surface area contributed by atoms with Gasteiger partial charge >= 0.3 is 0 Å². The molecule has 0 nitrogen and oxygen atoms in total. The molecule has 0 radical (unpaired) electrons. The molecular formula is C13H14I2. The second-order valence-corrected chi connectivity index (χ2v) is 4.20. The smallest absolute Gasteiger partial charge is 0.0130 e. The lowest BCUT2D eigenvalue weighted by Crippen LogP contribution is -1.62. The van der Waals surface area contributed by atoms with Crippen molar-refractivity contribution < 1.29 is 0 Å². The number of halogens is 2. The van der Waals surface area contributed by atoms with Crippen LogP contribution in [0, 0.1) is 10.5 Å². The Morgan fingerprint density at radius 3 is 1.33 bits per heavy atom. The van der Waals surface area contributed by atoms with E-state index in [9.17, 15) is 0 Å². The molecule has 2 rings (SSSR count). The Balaban J connectivity index is 0.000000245. The van der Waals surface area contributed by atoms with E-state index in [1.807, 2.05) is 36.4 Å². The fourth-order valence-corrected chi connectivity index (χ4v) is 1.36. The molecule has 15 heavy (non-hydrogen) atoms. The van der Waals surface area contributed by atoms with Crippen LogP contribution < -0.4 is 0 Å². The first-order valence-electron chi connectivity index (χ1n) is 4.51. The van der Waals surface area contributed by atoms with Gasteiger partial charge in [-0.2, -0.15) is 0 Å². The van der Waals surface area contributed by atoms with E-state index in [2.05, 4.69) is 53.8 Å². The van der Waals surface area contributed by atoms with Crippen molar-refractivity contribution >= 4 is 46.6 Å². The van der Waals surface area contributed by atoms with Gasteiger partial charge in [0.15, 0.2) is 0 Å². The molecular weight excluding hydrogens is 410 g/mol. The van der Waals surface area contributed by atoms with E-state index in [0.717, 1.165) is 0 Å². The van der Waals surface area contributed by atoms with Gasteiger partial charge in [0.2, 0.25) is 0 Å². The van der Waals surface area contributed by atoms with Gasteiger partial charge in [0.25, 0.3) is 0 Å². The zero-order valence-corrected chi connectivity index (χ0v) is 13.0. The number of hydrogen-bond donors (Lipinski definition) is 0. The minimum atomic E-state index is 0. The topological polar surface area (TPSA) is 0 Å². The maximum absolute atomic E-state index is 2.28. The molecule has 2 aromatic carbocycles. The summed E-state index contributed by atoms with van der Waals surface area (Å²) >= 11 is 2.28. The summed E-state index contributed by atoms with van der Waals surface area (Å²) in [5, 5.41) is 0. The first-order valence-corrected chi connectivity index (χ1v) is 5.59. The monoisotopic (exact) mass is 424 g/mol. The predicted molar refractivity (Wildman–Crippen MR) is 85.8 cm³/mol. The van der Waals surface area contributed by atoms with Crippen molar-refractivity contribution in [2.75, 3.05) is 0 Å². The molecule has 0 aromatic heterocycles. The van der Waals surface area contributed by atoms with Crippen molar-refractivity contribution in [3.8, 4) is 0 Å². The van der Waals surface area contributed by atoms with Gasteiger partial charge < -0.3 is 0 Å². The molecule has 0 fully saturated rings. The molecule has 0 saturated carbocycles. The number of rotatable bonds is 0. The lowest BCUT2D eigenvalue weighted by atomic mass is 10.2. The quantitative estimate of drug-likeness (QED) is 0.528. The van der Waals surface area contributed by atoms with E-state index < -0.39 is 0 Å². The third-order valence-electron chi connectivity index (χ3n) is 1.67. The average Bonchev–Trinajstić information content (AvgIpc) is 2.21. The fourth-order valence-electron chi connectivity index (χ4n) is 0.949. The summed E-state index contributed by atoms with van der Waals surface area (Å²) in [5.74, 6) is 0. The Hall–Kier alpha value is -0.100. The van der Waals surface area contributed by atoms with Gasteiger partial charge in [-0.05, 0) is 41.6 Å². The third kappa shape index (κ3) is 7.79. The normalized spacial score (nSPS) is 8.13. The van der Waals surface area contributed by atoms with Crippen molar-refractivity contribution in [3.05, 3.63) is 69.8 Å². The van der Waals surface area contributed by atoms with Crippen LogP contribution in [-0.4, -0.2) is 0 Å². The molecule has 0 amide bonds. The van der Waals surface area contributed by atoms with Crippen LogP contribution in [0.1, 0.15) is 5.56 Å². The molecule has 2 aromatic rings. The van der Waals surface area contributed by atoms with Gasteiger partial charge in [-0.15, -0.1) is 24.0 Å². The summed E-state index contributed by atoms with van der Waals surface area (Å²) in [6.45, 7) is 2.08. The highest BCUT2D eigenvalue weighted by atomic mass is 127. The second-order valence-electron chi connectivity index (χ2n) is 2.95. The molecule has 0 heterocycles. The van der Waals surface area contributed by atoms with Crippen LogP contribution in [0.4, 0.5) is 0 Å². The van der Waals surface area contributed by atoms with Crippen molar-refractivity contribution in [1.29, 1.82) is 0 Å². The maximum Gasteiger partial charge on any atom is 0.0130 e. The van der Waals surface area contributed by atoms with Crippen molar-refractivity contribution in [1.82, 2.24) is 0 Å². The summed E-state index contributed by atoms with van der Waals surface area (Å²) in [7, 11) is 0. The number of hydrogen-bond acceptors (Lipinski definition) is 0. The highest BCUT2D eigenvalue weighted by Gasteiger charge is 1.74. The molecule has 0 unspecified atom stereocenters. The van der Waals surface area contributed by atoms with Crippen LogP contribution in [0.25, 0.3) is 0 Å². The zero-order valence-electron chi connectivity index (χ0n) is 8.56. The molecule has 0 aliphatic rings. The Morgan fingerprint density at radius 2 is 1.13 bits per heavy atom. The Morgan fingerprint density at radius 1 is 0.733 bits per heavy atom. The van der Waals surface area contributed by atoms with Crippen LogP contribution in [0.5, 0.6) is 0 Å². The molecule has 0 aliphatic carbocycles. The Labute approximate surface area is 122 Å². The third-order valence-corrected chi connectivity index (χ3v) is 2.39. The molecule has 2 heteroatoms. The maximum atomic E-state index is 2.28. The average molecular weight is 424 g/mol. The molecule has 80 valence electrons. The van der Waals surface area contributed by atoms with Gasteiger partial charge in [0, 0.05) is 3.57 Å². The van der Waals surface area contributed by atoms with Gasteiger partial charge in [0.1, 0.15) is 0 Å². The summed E-state index contributed by atoms with van der Waals surface area (Å²) in [6, 6.07) is 20.5. The highest BCUT2D eigenvalue weighted by molar-refractivity contribution is 14.1. The summed E-state index contributed by atoms with van der Waals surface area (Å²) in [4.78, 5) is 0. The minimum Gasteiger partial charge on any atom is -0.107 e. The highest BCUT2D eigenvalue weighted by Crippen LogP contribution is 1.99. The van der Waals surface area contributed by atoms with Crippen LogP contribution in [-0.2, 0) is 0 Å². The van der Waals surface area contributed by atoms with Crippen molar-refractivity contribution in [3.63, 3.8) is 0 Å². The summed E-state index contributed by atoms with van der Waals surface area (Å²) in [5.41, 5.74) is 1.32. The zero-order chi connectivity index (χ0) is 10.2. The molecule has 0 aliphatic heterocycles. The summed E-state index contributed by atoms with van der Waals surface area (Å²) < 4.78 is 1.29. The second kappa shape index (κ2) is 9.15. The molecule has 0 N–H and O–H groups in total. The van der Waals surface area contributed by atoms with Crippen molar-refractivity contribution in [2.24, 2.45) is 0 Å². The van der Waals surface area contributed by atoms with Crippen LogP contribution in [0.15, 0.2) is 60.7 Å². The molecule has 0 saturated heterocycles.